The van der Waals surface area contributed by atoms with Crippen molar-refractivity contribution in [2.24, 2.45) is 5.73 Å². The van der Waals surface area contributed by atoms with E-state index in [9.17, 15) is 0 Å². The Morgan fingerprint density at radius 1 is 1.19 bits per heavy atom. The van der Waals surface area contributed by atoms with Crippen LogP contribution >= 0.6 is 31.9 Å². The molecule has 0 aliphatic rings. The molecular formula is C15H17Br2N3O. The third kappa shape index (κ3) is 4.76. The fraction of sp³-hybridized carbons (Fsp3) is 0.333. The summed E-state index contributed by atoms with van der Waals surface area (Å²) in [6.07, 6.45) is 5.20. The Labute approximate surface area is 141 Å². The van der Waals surface area contributed by atoms with Crippen molar-refractivity contribution in [2.75, 3.05) is 0 Å². The van der Waals surface area contributed by atoms with Crippen LogP contribution < -0.4 is 10.5 Å². The Hall–Kier alpha value is -0.980. The summed E-state index contributed by atoms with van der Waals surface area (Å²) in [4.78, 5) is 8.28. The monoisotopic (exact) mass is 413 g/mol. The molecule has 0 radical (unpaired) electrons. The molecule has 2 N–H and O–H groups in total. The molecule has 0 amide bonds. The zero-order valence-corrected chi connectivity index (χ0v) is 14.9. The first-order chi connectivity index (χ1) is 10.1. The lowest BCUT2D eigenvalue weighted by atomic mass is 10.0. The zero-order valence-electron chi connectivity index (χ0n) is 11.7. The van der Waals surface area contributed by atoms with Crippen LogP contribution in [0.15, 0.2) is 39.5 Å². The van der Waals surface area contributed by atoms with Gasteiger partial charge in [0.25, 0.3) is 0 Å². The predicted octanol–water partition coefficient (Wildman–Crippen LogP) is 3.86. The lowest BCUT2D eigenvalue weighted by Crippen LogP contribution is -2.21. The molecule has 0 spiro atoms. The second-order valence-electron chi connectivity index (χ2n) is 4.71. The molecule has 0 saturated heterocycles. The first-order valence-electron chi connectivity index (χ1n) is 6.72. The van der Waals surface area contributed by atoms with E-state index < -0.39 is 0 Å². The lowest BCUT2D eigenvalue weighted by Gasteiger charge is -2.13. The smallest absolute Gasteiger partial charge is 0.166 e. The molecule has 4 nitrogen and oxygen atoms in total. The predicted molar refractivity (Wildman–Crippen MR) is 90.2 cm³/mol. The van der Waals surface area contributed by atoms with Crippen molar-refractivity contribution >= 4 is 31.9 Å². The third-order valence-electron chi connectivity index (χ3n) is 3.05. The van der Waals surface area contributed by atoms with Gasteiger partial charge in [-0.05, 0) is 68.5 Å². The Kier molecular flexibility index (Phi) is 6.14. The van der Waals surface area contributed by atoms with Gasteiger partial charge in [0.15, 0.2) is 5.82 Å². The molecule has 0 fully saturated rings. The molecule has 21 heavy (non-hydrogen) atoms. The van der Waals surface area contributed by atoms with Crippen LogP contribution in [0.1, 0.15) is 24.7 Å². The number of hydrogen-bond donors (Lipinski definition) is 1. The summed E-state index contributed by atoms with van der Waals surface area (Å²) >= 11 is 7.09. The Morgan fingerprint density at radius 2 is 1.81 bits per heavy atom. The maximum Gasteiger partial charge on any atom is 0.166 e. The van der Waals surface area contributed by atoms with Crippen molar-refractivity contribution < 1.29 is 4.74 Å². The second kappa shape index (κ2) is 7.87. The van der Waals surface area contributed by atoms with Gasteiger partial charge in [-0.15, -0.1) is 0 Å². The van der Waals surface area contributed by atoms with E-state index in [4.69, 9.17) is 10.5 Å². The summed E-state index contributed by atoms with van der Waals surface area (Å²) < 4.78 is 7.58. The highest BCUT2D eigenvalue weighted by molar-refractivity contribution is 9.11. The average Bonchev–Trinajstić information content (AvgIpc) is 2.47. The van der Waals surface area contributed by atoms with Crippen molar-refractivity contribution in [3.05, 3.63) is 50.9 Å². The van der Waals surface area contributed by atoms with Crippen LogP contribution in [0.4, 0.5) is 0 Å². The van der Waals surface area contributed by atoms with E-state index in [2.05, 4.69) is 48.8 Å². The van der Waals surface area contributed by atoms with Gasteiger partial charge in [0.2, 0.25) is 0 Å². The SMILES string of the molecule is CCC(N)Cc1cc(Br)c(OCc2ncccn2)c(Br)c1. The molecule has 112 valence electrons. The van der Waals surface area contributed by atoms with E-state index in [0.717, 1.165) is 27.5 Å². The average molecular weight is 415 g/mol. The highest BCUT2D eigenvalue weighted by Gasteiger charge is 2.11. The van der Waals surface area contributed by atoms with E-state index in [0.29, 0.717) is 12.4 Å². The molecule has 1 unspecified atom stereocenters. The van der Waals surface area contributed by atoms with Crippen molar-refractivity contribution in [1.82, 2.24) is 9.97 Å². The van der Waals surface area contributed by atoms with Crippen molar-refractivity contribution in [2.45, 2.75) is 32.4 Å². The van der Waals surface area contributed by atoms with E-state index >= 15 is 0 Å². The minimum atomic E-state index is 0.174. The molecule has 1 atom stereocenters. The minimum Gasteiger partial charge on any atom is -0.483 e. The standard InChI is InChI=1S/C15H17Br2N3O/c1-2-11(18)6-10-7-12(16)15(13(17)8-10)21-9-14-19-4-3-5-20-14/h3-5,7-8,11H,2,6,9,18H2,1H3. The largest absolute Gasteiger partial charge is 0.483 e. The maximum atomic E-state index is 6.00. The van der Waals surface area contributed by atoms with Crippen LogP contribution in [-0.4, -0.2) is 16.0 Å². The van der Waals surface area contributed by atoms with E-state index in [1.54, 1.807) is 18.5 Å². The van der Waals surface area contributed by atoms with E-state index in [1.165, 1.54) is 5.56 Å². The summed E-state index contributed by atoms with van der Waals surface area (Å²) in [6.45, 7) is 2.41. The quantitative estimate of drug-likeness (QED) is 0.779. The third-order valence-corrected chi connectivity index (χ3v) is 4.22. The first kappa shape index (κ1) is 16.4. The maximum absolute atomic E-state index is 6.00. The van der Waals surface area contributed by atoms with Gasteiger partial charge < -0.3 is 10.5 Å². The summed E-state index contributed by atoms with van der Waals surface area (Å²) in [7, 11) is 0. The topological polar surface area (TPSA) is 61.0 Å². The Bertz CT molecular complexity index is 570. The number of nitrogens with two attached hydrogens (primary N) is 1. The van der Waals surface area contributed by atoms with Gasteiger partial charge in [-0.25, -0.2) is 9.97 Å². The molecule has 0 aliphatic carbocycles. The molecule has 1 aromatic heterocycles. The number of nitrogens with zero attached hydrogens (tertiary/aromatic N) is 2. The minimum absolute atomic E-state index is 0.174. The van der Waals surface area contributed by atoms with Gasteiger partial charge >= 0.3 is 0 Å². The number of rotatable bonds is 6. The van der Waals surface area contributed by atoms with Crippen LogP contribution in [-0.2, 0) is 13.0 Å². The van der Waals surface area contributed by atoms with Gasteiger partial charge in [0.05, 0.1) is 8.95 Å². The lowest BCUT2D eigenvalue weighted by molar-refractivity contribution is 0.292. The van der Waals surface area contributed by atoms with Crippen LogP contribution in [0.3, 0.4) is 0 Å². The molecule has 1 heterocycles. The molecule has 6 heteroatoms. The van der Waals surface area contributed by atoms with E-state index in [-0.39, 0.29) is 6.04 Å². The molecule has 1 aromatic carbocycles. The zero-order chi connectivity index (χ0) is 15.2. The van der Waals surface area contributed by atoms with Gasteiger partial charge in [0, 0.05) is 18.4 Å². The van der Waals surface area contributed by atoms with Crippen LogP contribution in [0.25, 0.3) is 0 Å². The molecule has 0 saturated carbocycles. The Balaban J connectivity index is 2.10. The number of aromatic nitrogens is 2. The molecule has 0 bridgehead atoms. The second-order valence-corrected chi connectivity index (χ2v) is 6.42. The summed E-state index contributed by atoms with van der Waals surface area (Å²) in [5.41, 5.74) is 7.17. The summed E-state index contributed by atoms with van der Waals surface area (Å²) in [5.74, 6) is 1.39. The molecule has 0 aliphatic heterocycles. The number of halogens is 2. The Morgan fingerprint density at radius 3 is 2.38 bits per heavy atom. The van der Waals surface area contributed by atoms with E-state index in [1.807, 2.05) is 12.1 Å². The fourth-order valence-electron chi connectivity index (χ4n) is 1.86. The van der Waals surface area contributed by atoms with Crippen LogP contribution in [0.5, 0.6) is 5.75 Å². The molecular weight excluding hydrogens is 398 g/mol. The van der Waals surface area contributed by atoms with Gasteiger partial charge in [-0.2, -0.15) is 0 Å². The van der Waals surface area contributed by atoms with Crippen molar-refractivity contribution in [3.63, 3.8) is 0 Å². The number of benzene rings is 1. The summed E-state index contributed by atoms with van der Waals surface area (Å²) in [5, 5.41) is 0. The van der Waals surface area contributed by atoms with Crippen molar-refractivity contribution in [3.8, 4) is 5.75 Å². The summed E-state index contributed by atoms with van der Waals surface area (Å²) in [6, 6.07) is 6.04. The normalized spacial score (nSPS) is 12.2. The number of hydrogen-bond acceptors (Lipinski definition) is 4. The van der Waals surface area contributed by atoms with Crippen LogP contribution in [0, 0.1) is 0 Å². The van der Waals surface area contributed by atoms with Crippen LogP contribution in [0.2, 0.25) is 0 Å². The first-order valence-corrected chi connectivity index (χ1v) is 8.31. The van der Waals surface area contributed by atoms with Gasteiger partial charge in [-0.3, -0.25) is 0 Å². The highest BCUT2D eigenvalue weighted by Crippen LogP contribution is 2.35. The van der Waals surface area contributed by atoms with Gasteiger partial charge in [-0.1, -0.05) is 6.92 Å². The van der Waals surface area contributed by atoms with Crippen molar-refractivity contribution in [1.29, 1.82) is 0 Å². The molecule has 2 rings (SSSR count). The molecule has 2 aromatic rings. The highest BCUT2D eigenvalue weighted by atomic mass is 79.9. The fourth-order valence-corrected chi connectivity index (χ4v) is 3.37. The number of ether oxygens (including phenoxy) is 1. The van der Waals surface area contributed by atoms with Gasteiger partial charge in [0.1, 0.15) is 12.4 Å².